The summed E-state index contributed by atoms with van der Waals surface area (Å²) in [5.41, 5.74) is 4.98. The van der Waals surface area contributed by atoms with Crippen LogP contribution >= 0.6 is 0 Å². The van der Waals surface area contributed by atoms with E-state index in [2.05, 4.69) is 22.1 Å². The SMILES string of the molecule is CC(CC#N)N1NC(Nc2ccc3c(c2)CCS3(=O)=O)C2C(=O)NCCC21. The van der Waals surface area contributed by atoms with Crippen LogP contribution in [0.15, 0.2) is 23.1 Å². The summed E-state index contributed by atoms with van der Waals surface area (Å²) in [5.74, 6) is -0.136. The third-order valence-electron chi connectivity index (χ3n) is 5.68. The van der Waals surface area contributed by atoms with Gasteiger partial charge in [-0.3, -0.25) is 4.79 Å². The Morgan fingerprint density at radius 3 is 3.04 bits per heavy atom. The number of nitrogens with one attached hydrogen (secondary N) is 3. The standard InChI is InChI=1S/C18H23N5O3S/c1-11(4-7-19)23-14-5-8-20-18(24)16(14)17(22-23)21-13-2-3-15-12(10-13)6-9-27(15,25)26/h2-3,10-11,14,16-17,21-22H,4-6,8-9H2,1H3,(H,20,24). The lowest BCUT2D eigenvalue weighted by Gasteiger charge is -2.33. The van der Waals surface area contributed by atoms with Crippen molar-refractivity contribution >= 4 is 21.4 Å². The fourth-order valence-electron chi connectivity index (χ4n) is 4.35. The summed E-state index contributed by atoms with van der Waals surface area (Å²) < 4.78 is 24.0. The third-order valence-corrected chi connectivity index (χ3v) is 7.49. The zero-order valence-electron chi connectivity index (χ0n) is 15.1. The molecule has 4 atom stereocenters. The Morgan fingerprint density at radius 2 is 2.26 bits per heavy atom. The molecule has 2 saturated heterocycles. The first-order chi connectivity index (χ1) is 12.9. The van der Waals surface area contributed by atoms with Crippen LogP contribution < -0.4 is 16.1 Å². The molecule has 4 unspecified atom stereocenters. The number of hydrazine groups is 1. The van der Waals surface area contributed by atoms with Gasteiger partial charge in [-0.05, 0) is 43.5 Å². The number of benzene rings is 1. The van der Waals surface area contributed by atoms with Crippen LogP contribution in [0.4, 0.5) is 5.69 Å². The summed E-state index contributed by atoms with van der Waals surface area (Å²) in [6.45, 7) is 2.60. The fraction of sp³-hybridized carbons (Fsp3) is 0.556. The minimum absolute atomic E-state index is 0.00774. The second-order valence-electron chi connectivity index (χ2n) is 7.43. The molecule has 4 rings (SSSR count). The number of hydrogen-bond acceptors (Lipinski definition) is 7. The van der Waals surface area contributed by atoms with Crippen LogP contribution in [0, 0.1) is 17.2 Å². The zero-order chi connectivity index (χ0) is 19.2. The third kappa shape index (κ3) is 3.18. The molecule has 1 aromatic carbocycles. The Bertz CT molecular complexity index is 910. The average Bonchev–Trinajstić information content (AvgIpc) is 3.14. The summed E-state index contributed by atoms with van der Waals surface area (Å²) >= 11 is 0. The Balaban J connectivity index is 1.58. The smallest absolute Gasteiger partial charge is 0.228 e. The van der Waals surface area contributed by atoms with Gasteiger partial charge in [-0.2, -0.15) is 5.26 Å². The Morgan fingerprint density at radius 1 is 1.44 bits per heavy atom. The summed E-state index contributed by atoms with van der Waals surface area (Å²) in [7, 11) is -3.15. The first-order valence-electron chi connectivity index (χ1n) is 9.22. The van der Waals surface area contributed by atoms with Gasteiger partial charge in [-0.15, -0.1) is 0 Å². The molecular weight excluding hydrogens is 366 g/mol. The zero-order valence-corrected chi connectivity index (χ0v) is 15.9. The van der Waals surface area contributed by atoms with E-state index in [4.69, 9.17) is 5.26 Å². The molecule has 0 aromatic heterocycles. The minimum atomic E-state index is -3.15. The number of piperidine rings is 1. The Labute approximate surface area is 158 Å². The van der Waals surface area contributed by atoms with Crippen LogP contribution in [0.25, 0.3) is 0 Å². The molecule has 3 N–H and O–H groups in total. The van der Waals surface area contributed by atoms with Gasteiger partial charge in [0.15, 0.2) is 9.84 Å². The van der Waals surface area contributed by atoms with Crippen LogP contribution in [0.3, 0.4) is 0 Å². The highest BCUT2D eigenvalue weighted by atomic mass is 32.2. The molecule has 3 aliphatic rings. The van der Waals surface area contributed by atoms with Crippen LogP contribution in [0.2, 0.25) is 0 Å². The molecule has 3 aliphatic heterocycles. The molecule has 144 valence electrons. The van der Waals surface area contributed by atoms with Crippen molar-refractivity contribution in [1.82, 2.24) is 15.8 Å². The number of rotatable bonds is 4. The second-order valence-corrected chi connectivity index (χ2v) is 9.51. The van der Waals surface area contributed by atoms with E-state index >= 15 is 0 Å². The fourth-order valence-corrected chi connectivity index (χ4v) is 5.89. The molecule has 0 radical (unpaired) electrons. The van der Waals surface area contributed by atoms with Gasteiger partial charge in [0.05, 0.1) is 29.1 Å². The number of hydrogen-bond donors (Lipinski definition) is 3. The van der Waals surface area contributed by atoms with Gasteiger partial charge >= 0.3 is 0 Å². The number of nitriles is 1. The number of sulfone groups is 1. The lowest BCUT2D eigenvalue weighted by Crippen LogP contribution is -2.51. The first kappa shape index (κ1) is 18.2. The minimum Gasteiger partial charge on any atom is -0.368 e. The normalized spacial score (nSPS) is 30.1. The predicted molar refractivity (Wildman–Crippen MR) is 99.2 cm³/mol. The van der Waals surface area contributed by atoms with Gasteiger partial charge in [0.2, 0.25) is 5.91 Å². The van der Waals surface area contributed by atoms with E-state index in [1.54, 1.807) is 12.1 Å². The maximum atomic E-state index is 12.5. The van der Waals surface area contributed by atoms with Crippen molar-refractivity contribution in [3.8, 4) is 6.07 Å². The Kier molecular flexibility index (Phi) is 4.58. The van der Waals surface area contributed by atoms with E-state index in [1.165, 1.54) is 0 Å². The Hall–Kier alpha value is -2.15. The molecule has 27 heavy (non-hydrogen) atoms. The molecule has 9 heteroatoms. The highest BCUT2D eigenvalue weighted by Gasteiger charge is 2.48. The molecule has 0 spiro atoms. The van der Waals surface area contributed by atoms with Crippen LogP contribution in [-0.2, 0) is 21.1 Å². The molecule has 1 aromatic rings. The molecule has 1 amide bonds. The van der Waals surface area contributed by atoms with Gasteiger partial charge in [0, 0.05) is 24.3 Å². The molecule has 0 bridgehead atoms. The quantitative estimate of drug-likeness (QED) is 0.682. The number of carbonyl (C=O) groups is 1. The number of anilines is 1. The van der Waals surface area contributed by atoms with Crippen molar-refractivity contribution < 1.29 is 13.2 Å². The molecule has 3 heterocycles. The molecule has 8 nitrogen and oxygen atoms in total. The van der Waals surface area contributed by atoms with Gasteiger partial charge in [-0.1, -0.05) is 0 Å². The summed E-state index contributed by atoms with van der Waals surface area (Å²) in [6, 6.07) is 7.46. The van der Waals surface area contributed by atoms with Crippen molar-refractivity contribution in [3.63, 3.8) is 0 Å². The number of nitrogens with zero attached hydrogens (tertiary/aromatic N) is 2. The summed E-state index contributed by atoms with van der Waals surface area (Å²) in [4.78, 5) is 12.9. The molecular formula is C18H23N5O3S. The molecule has 0 aliphatic carbocycles. The highest BCUT2D eigenvalue weighted by molar-refractivity contribution is 7.91. The predicted octanol–water partition coefficient (Wildman–Crippen LogP) is 0.381. The van der Waals surface area contributed by atoms with Crippen molar-refractivity contribution in [2.45, 2.75) is 49.3 Å². The summed E-state index contributed by atoms with van der Waals surface area (Å²) in [5, 5.41) is 17.3. The van der Waals surface area contributed by atoms with E-state index in [0.717, 1.165) is 17.7 Å². The van der Waals surface area contributed by atoms with Gasteiger partial charge in [0.25, 0.3) is 0 Å². The van der Waals surface area contributed by atoms with Crippen LogP contribution in [-0.4, -0.2) is 49.9 Å². The number of carbonyl (C=O) groups excluding carboxylic acids is 1. The number of fused-ring (bicyclic) bond motifs is 2. The maximum absolute atomic E-state index is 12.5. The van der Waals surface area contributed by atoms with Crippen molar-refractivity contribution in [3.05, 3.63) is 23.8 Å². The van der Waals surface area contributed by atoms with E-state index in [1.807, 2.05) is 18.0 Å². The molecule has 0 saturated carbocycles. The monoisotopic (exact) mass is 389 g/mol. The largest absolute Gasteiger partial charge is 0.368 e. The second kappa shape index (κ2) is 6.78. The van der Waals surface area contributed by atoms with E-state index < -0.39 is 9.84 Å². The maximum Gasteiger partial charge on any atom is 0.228 e. The van der Waals surface area contributed by atoms with Crippen LogP contribution in [0.5, 0.6) is 0 Å². The van der Waals surface area contributed by atoms with Crippen molar-refractivity contribution in [2.75, 3.05) is 17.6 Å². The average molecular weight is 389 g/mol. The van der Waals surface area contributed by atoms with Gasteiger partial charge in [0.1, 0.15) is 6.17 Å². The number of aryl methyl sites for hydroxylation is 1. The van der Waals surface area contributed by atoms with Crippen molar-refractivity contribution in [1.29, 1.82) is 5.26 Å². The van der Waals surface area contributed by atoms with Gasteiger partial charge in [-0.25, -0.2) is 18.9 Å². The first-order valence-corrected chi connectivity index (χ1v) is 10.9. The lowest BCUT2D eigenvalue weighted by molar-refractivity contribution is -0.127. The topological polar surface area (TPSA) is 114 Å². The van der Waals surface area contributed by atoms with Crippen LogP contribution in [0.1, 0.15) is 25.3 Å². The summed E-state index contributed by atoms with van der Waals surface area (Å²) in [6.07, 6.45) is 1.40. The highest BCUT2D eigenvalue weighted by Crippen LogP contribution is 2.33. The van der Waals surface area contributed by atoms with E-state index in [9.17, 15) is 13.2 Å². The van der Waals surface area contributed by atoms with E-state index in [-0.39, 0.29) is 35.8 Å². The number of amides is 1. The van der Waals surface area contributed by atoms with Crippen molar-refractivity contribution in [2.24, 2.45) is 5.92 Å². The molecule has 2 fully saturated rings. The van der Waals surface area contributed by atoms with Gasteiger partial charge < -0.3 is 10.6 Å². The van der Waals surface area contributed by atoms with E-state index in [0.29, 0.717) is 24.3 Å². The lowest BCUT2D eigenvalue weighted by atomic mass is 9.90.